The molecule has 0 N–H and O–H groups in total. The standard InChI is InChI=1S/C24H16F7NO2/c25-17-5-3-13(4-6-17)21-18-2-1-9-32-19(18)7-8-20(21)34-22(33)14-10-15(23(26,27)28)12-16(11-14)24(29,30)31/h1-6,9-12,20-21H,7-8H2/t20-,21+/m0/s1. The van der Waals surface area contributed by atoms with Gasteiger partial charge in [0.2, 0.25) is 0 Å². The van der Waals surface area contributed by atoms with Crippen LogP contribution in [0, 0.1) is 5.82 Å². The van der Waals surface area contributed by atoms with Crippen molar-refractivity contribution in [1.29, 1.82) is 0 Å². The summed E-state index contributed by atoms with van der Waals surface area (Å²) in [6.45, 7) is 0. The van der Waals surface area contributed by atoms with E-state index in [0.717, 1.165) is 0 Å². The minimum Gasteiger partial charge on any atom is -0.458 e. The number of aromatic nitrogens is 1. The molecule has 1 aromatic heterocycles. The van der Waals surface area contributed by atoms with E-state index in [1.165, 1.54) is 24.3 Å². The zero-order valence-corrected chi connectivity index (χ0v) is 17.3. The summed E-state index contributed by atoms with van der Waals surface area (Å²) < 4.78 is 98.0. The Hall–Kier alpha value is -3.43. The maximum atomic E-state index is 13.5. The number of carbonyl (C=O) groups excluding carboxylic acids is 1. The summed E-state index contributed by atoms with van der Waals surface area (Å²) in [5.74, 6) is -2.45. The monoisotopic (exact) mass is 483 g/mol. The Morgan fingerprint density at radius 1 is 0.912 bits per heavy atom. The first-order valence-electron chi connectivity index (χ1n) is 10.1. The fraction of sp³-hybridized carbons (Fsp3) is 0.250. The smallest absolute Gasteiger partial charge is 0.416 e. The molecule has 0 unspecified atom stereocenters. The average molecular weight is 483 g/mol. The van der Waals surface area contributed by atoms with Crippen LogP contribution in [0.5, 0.6) is 0 Å². The van der Waals surface area contributed by atoms with Gasteiger partial charge in [0.25, 0.3) is 0 Å². The highest BCUT2D eigenvalue weighted by Gasteiger charge is 2.39. The summed E-state index contributed by atoms with van der Waals surface area (Å²) in [5, 5.41) is 0. The molecule has 10 heteroatoms. The third-order valence-corrected chi connectivity index (χ3v) is 5.61. The van der Waals surface area contributed by atoms with Gasteiger partial charge in [-0.1, -0.05) is 18.2 Å². The van der Waals surface area contributed by atoms with E-state index in [2.05, 4.69) is 4.98 Å². The molecule has 0 saturated carbocycles. The highest BCUT2D eigenvalue weighted by atomic mass is 19.4. The molecule has 0 saturated heterocycles. The lowest BCUT2D eigenvalue weighted by Gasteiger charge is -2.33. The molecule has 3 nitrogen and oxygen atoms in total. The second-order valence-electron chi connectivity index (χ2n) is 7.85. The lowest BCUT2D eigenvalue weighted by Crippen LogP contribution is -2.32. The summed E-state index contributed by atoms with van der Waals surface area (Å²) in [7, 11) is 0. The fourth-order valence-corrected chi connectivity index (χ4v) is 4.06. The first-order chi connectivity index (χ1) is 15.9. The van der Waals surface area contributed by atoms with E-state index < -0.39 is 52.9 Å². The third kappa shape index (κ3) is 4.90. The van der Waals surface area contributed by atoms with Gasteiger partial charge in [0.05, 0.1) is 16.7 Å². The Kier molecular flexibility index (Phi) is 6.09. The summed E-state index contributed by atoms with van der Waals surface area (Å²) in [4.78, 5) is 17.1. The largest absolute Gasteiger partial charge is 0.458 e. The van der Waals surface area contributed by atoms with Crippen LogP contribution in [0.25, 0.3) is 0 Å². The van der Waals surface area contributed by atoms with Gasteiger partial charge in [-0.05, 0) is 60.4 Å². The Bertz CT molecular complexity index is 1170. The minimum atomic E-state index is -5.09. The number of fused-ring (bicyclic) bond motifs is 1. The molecule has 0 aliphatic heterocycles. The predicted octanol–water partition coefficient (Wildman–Crippen LogP) is 6.56. The van der Waals surface area contributed by atoms with Gasteiger partial charge < -0.3 is 4.74 Å². The molecule has 0 spiro atoms. The lowest BCUT2D eigenvalue weighted by atomic mass is 9.79. The first-order valence-corrected chi connectivity index (χ1v) is 10.1. The molecule has 34 heavy (non-hydrogen) atoms. The predicted molar refractivity (Wildman–Crippen MR) is 106 cm³/mol. The number of aryl methyl sites for hydroxylation is 1. The van der Waals surface area contributed by atoms with Crippen molar-refractivity contribution in [1.82, 2.24) is 4.98 Å². The van der Waals surface area contributed by atoms with Crippen molar-refractivity contribution in [3.8, 4) is 0 Å². The molecule has 178 valence electrons. The van der Waals surface area contributed by atoms with Crippen LogP contribution in [0.4, 0.5) is 30.7 Å². The minimum absolute atomic E-state index is 0.0549. The quantitative estimate of drug-likeness (QED) is 0.313. The number of carbonyl (C=O) groups is 1. The van der Waals surface area contributed by atoms with E-state index in [0.29, 0.717) is 35.4 Å². The molecule has 4 rings (SSSR count). The number of nitrogens with zero attached hydrogens (tertiary/aromatic N) is 1. The highest BCUT2D eigenvalue weighted by Crippen LogP contribution is 2.40. The van der Waals surface area contributed by atoms with E-state index in [4.69, 9.17) is 4.74 Å². The zero-order chi connectivity index (χ0) is 24.7. The van der Waals surface area contributed by atoms with Crippen LogP contribution in [0.2, 0.25) is 0 Å². The van der Waals surface area contributed by atoms with E-state index in [-0.39, 0.29) is 12.5 Å². The van der Waals surface area contributed by atoms with E-state index in [1.807, 2.05) is 0 Å². The number of hydrogen-bond donors (Lipinski definition) is 0. The van der Waals surface area contributed by atoms with Crippen molar-refractivity contribution in [3.63, 3.8) is 0 Å². The maximum Gasteiger partial charge on any atom is 0.416 e. The second kappa shape index (κ2) is 8.73. The van der Waals surface area contributed by atoms with Crippen LogP contribution in [0.3, 0.4) is 0 Å². The van der Waals surface area contributed by atoms with Crippen molar-refractivity contribution in [3.05, 3.63) is 100 Å². The Morgan fingerprint density at radius 2 is 1.53 bits per heavy atom. The molecular formula is C24H16F7NO2. The molecule has 0 amide bonds. The first kappa shape index (κ1) is 23.7. The SMILES string of the molecule is O=C(O[C@H]1CCc2ncccc2[C@H]1c1ccc(F)cc1)c1cc(C(F)(F)F)cc(C(F)(F)F)c1. The van der Waals surface area contributed by atoms with Crippen molar-refractivity contribution in [2.24, 2.45) is 0 Å². The molecule has 1 aliphatic carbocycles. The summed E-state index contributed by atoms with van der Waals surface area (Å²) in [5.41, 5.74) is -2.13. The summed E-state index contributed by atoms with van der Waals surface area (Å²) in [6, 6.07) is 9.39. The number of rotatable bonds is 3. The second-order valence-corrected chi connectivity index (χ2v) is 7.85. The van der Waals surface area contributed by atoms with Gasteiger partial charge in [0.1, 0.15) is 11.9 Å². The Labute approximate surface area is 189 Å². The number of ether oxygens (including phenoxy) is 1. The topological polar surface area (TPSA) is 39.2 Å². The van der Waals surface area contributed by atoms with Crippen molar-refractivity contribution in [2.75, 3.05) is 0 Å². The number of halogens is 7. The molecule has 1 aliphatic rings. The number of benzene rings is 2. The number of pyridine rings is 1. The van der Waals surface area contributed by atoms with Gasteiger partial charge in [-0.25, -0.2) is 9.18 Å². The van der Waals surface area contributed by atoms with Gasteiger partial charge in [-0.2, -0.15) is 26.3 Å². The average Bonchev–Trinajstić information content (AvgIpc) is 2.78. The molecule has 0 radical (unpaired) electrons. The van der Waals surface area contributed by atoms with E-state index >= 15 is 0 Å². The molecule has 2 atom stereocenters. The fourth-order valence-electron chi connectivity index (χ4n) is 4.06. The van der Waals surface area contributed by atoms with Crippen LogP contribution < -0.4 is 0 Å². The Morgan fingerprint density at radius 3 is 2.12 bits per heavy atom. The molecule has 0 bridgehead atoms. The van der Waals surface area contributed by atoms with Gasteiger partial charge in [0, 0.05) is 17.8 Å². The van der Waals surface area contributed by atoms with Crippen LogP contribution in [-0.2, 0) is 23.5 Å². The summed E-state index contributed by atoms with van der Waals surface area (Å²) in [6.07, 6.45) is -8.93. The van der Waals surface area contributed by atoms with Crippen molar-refractivity contribution in [2.45, 2.75) is 37.2 Å². The van der Waals surface area contributed by atoms with Crippen molar-refractivity contribution < 1.29 is 40.3 Å². The molecule has 0 fully saturated rings. The van der Waals surface area contributed by atoms with Crippen LogP contribution >= 0.6 is 0 Å². The van der Waals surface area contributed by atoms with E-state index in [9.17, 15) is 35.5 Å². The van der Waals surface area contributed by atoms with Gasteiger partial charge in [-0.15, -0.1) is 0 Å². The zero-order valence-electron chi connectivity index (χ0n) is 17.3. The molecule has 3 aromatic rings. The molecular weight excluding hydrogens is 467 g/mol. The molecule has 2 aromatic carbocycles. The normalized spacial score (nSPS) is 18.3. The number of hydrogen-bond acceptors (Lipinski definition) is 3. The molecule has 1 heterocycles. The summed E-state index contributed by atoms with van der Waals surface area (Å²) >= 11 is 0. The van der Waals surface area contributed by atoms with Gasteiger partial charge in [-0.3, -0.25) is 4.98 Å². The number of esters is 1. The van der Waals surface area contributed by atoms with Crippen LogP contribution in [-0.4, -0.2) is 17.1 Å². The maximum absolute atomic E-state index is 13.5. The van der Waals surface area contributed by atoms with Crippen LogP contribution in [0.15, 0.2) is 60.8 Å². The van der Waals surface area contributed by atoms with Crippen LogP contribution in [0.1, 0.15) is 50.6 Å². The van der Waals surface area contributed by atoms with Gasteiger partial charge in [0.15, 0.2) is 0 Å². The highest BCUT2D eigenvalue weighted by molar-refractivity contribution is 5.90. The Balaban J connectivity index is 1.71. The van der Waals surface area contributed by atoms with Gasteiger partial charge >= 0.3 is 18.3 Å². The third-order valence-electron chi connectivity index (χ3n) is 5.61. The lowest BCUT2D eigenvalue weighted by molar-refractivity contribution is -0.143. The number of alkyl halides is 6. The van der Waals surface area contributed by atoms with Crippen molar-refractivity contribution >= 4 is 5.97 Å². The van der Waals surface area contributed by atoms with E-state index in [1.54, 1.807) is 18.3 Å².